The highest BCUT2D eigenvalue weighted by molar-refractivity contribution is 5.94. The molecule has 0 atom stereocenters. The van der Waals surface area contributed by atoms with Crippen molar-refractivity contribution in [2.24, 2.45) is 0 Å². The number of ether oxygens (including phenoxy) is 2. The second kappa shape index (κ2) is 8.67. The normalized spacial score (nSPS) is 10.2. The average Bonchev–Trinajstić information content (AvgIpc) is 2.68. The van der Waals surface area contributed by atoms with E-state index in [1.807, 2.05) is 30.3 Å². The van der Waals surface area contributed by atoms with Crippen molar-refractivity contribution in [1.82, 2.24) is 5.32 Å². The fourth-order valence-electron chi connectivity index (χ4n) is 2.29. The molecule has 0 aromatic heterocycles. The second-order valence-corrected chi connectivity index (χ2v) is 5.47. The fraction of sp³-hybridized carbons (Fsp3) is 0.0952. The Bertz CT molecular complexity index is 851. The maximum absolute atomic E-state index is 13.4. The first-order valence-corrected chi connectivity index (χ1v) is 8.21. The van der Waals surface area contributed by atoms with Crippen LogP contribution in [-0.2, 0) is 0 Å². The molecule has 0 heterocycles. The van der Waals surface area contributed by atoms with Gasteiger partial charge in [-0.1, -0.05) is 30.3 Å². The van der Waals surface area contributed by atoms with Crippen LogP contribution in [0.2, 0.25) is 0 Å². The summed E-state index contributed by atoms with van der Waals surface area (Å²) in [5.41, 5.74) is 0.510. The Morgan fingerprint density at radius 1 is 0.846 bits per heavy atom. The van der Waals surface area contributed by atoms with E-state index < -0.39 is 5.82 Å². The molecule has 3 rings (SSSR count). The molecule has 4 nitrogen and oxygen atoms in total. The molecule has 0 aliphatic rings. The molecule has 0 spiro atoms. The molecule has 0 bridgehead atoms. The van der Waals surface area contributed by atoms with Gasteiger partial charge in [-0.05, 0) is 48.5 Å². The summed E-state index contributed by atoms with van der Waals surface area (Å²) in [5.74, 6) is 0.899. The lowest BCUT2D eigenvalue weighted by Gasteiger charge is -2.09. The number of hydrogen-bond acceptors (Lipinski definition) is 3. The van der Waals surface area contributed by atoms with Gasteiger partial charge in [0.25, 0.3) is 5.91 Å². The van der Waals surface area contributed by atoms with Gasteiger partial charge >= 0.3 is 0 Å². The molecule has 0 saturated carbocycles. The van der Waals surface area contributed by atoms with Crippen molar-refractivity contribution in [3.8, 4) is 17.2 Å². The molecular formula is C21H18FNO3. The molecule has 3 aromatic rings. The maximum atomic E-state index is 13.4. The number of carbonyl (C=O) groups excluding carboxylic acids is 1. The minimum absolute atomic E-state index is 0.171. The maximum Gasteiger partial charge on any atom is 0.251 e. The molecule has 3 aromatic carbocycles. The Morgan fingerprint density at radius 3 is 2.23 bits per heavy atom. The fourth-order valence-corrected chi connectivity index (χ4v) is 2.29. The lowest BCUT2D eigenvalue weighted by molar-refractivity contribution is 0.0946. The predicted octanol–water partition coefficient (Wildman–Crippen LogP) is 4.43. The van der Waals surface area contributed by atoms with Crippen molar-refractivity contribution in [3.63, 3.8) is 0 Å². The van der Waals surface area contributed by atoms with Crippen LogP contribution < -0.4 is 14.8 Å². The van der Waals surface area contributed by atoms with Gasteiger partial charge in [-0.2, -0.15) is 0 Å². The molecule has 0 unspecified atom stereocenters. The number of nitrogens with one attached hydrogen (secondary N) is 1. The van der Waals surface area contributed by atoms with Crippen LogP contribution in [0.4, 0.5) is 4.39 Å². The Labute approximate surface area is 151 Å². The van der Waals surface area contributed by atoms with Gasteiger partial charge in [-0.3, -0.25) is 4.79 Å². The molecule has 0 aliphatic heterocycles. The van der Waals surface area contributed by atoms with Crippen molar-refractivity contribution >= 4 is 5.91 Å². The van der Waals surface area contributed by atoms with E-state index in [0.717, 1.165) is 5.75 Å². The van der Waals surface area contributed by atoms with Gasteiger partial charge in [0, 0.05) is 5.56 Å². The summed E-state index contributed by atoms with van der Waals surface area (Å²) in [7, 11) is 0. The summed E-state index contributed by atoms with van der Waals surface area (Å²) in [6.07, 6.45) is 0. The number of para-hydroxylation sites is 2. The van der Waals surface area contributed by atoms with E-state index in [2.05, 4.69) is 5.32 Å². The summed E-state index contributed by atoms with van der Waals surface area (Å²) in [4.78, 5) is 12.1. The van der Waals surface area contributed by atoms with Crippen LogP contribution in [0.15, 0.2) is 78.9 Å². The van der Waals surface area contributed by atoms with Crippen molar-refractivity contribution in [2.75, 3.05) is 13.2 Å². The van der Waals surface area contributed by atoms with Crippen molar-refractivity contribution < 1.29 is 18.7 Å². The van der Waals surface area contributed by atoms with Crippen molar-refractivity contribution in [1.29, 1.82) is 0 Å². The highest BCUT2D eigenvalue weighted by Crippen LogP contribution is 2.21. The van der Waals surface area contributed by atoms with Crippen molar-refractivity contribution in [2.45, 2.75) is 0 Å². The van der Waals surface area contributed by atoms with Crippen LogP contribution >= 0.6 is 0 Å². The van der Waals surface area contributed by atoms with E-state index in [0.29, 0.717) is 11.3 Å². The minimum Gasteiger partial charge on any atom is -0.489 e. The number of hydrogen-bond donors (Lipinski definition) is 1. The first kappa shape index (κ1) is 17.5. The monoisotopic (exact) mass is 351 g/mol. The Kier molecular flexibility index (Phi) is 5.83. The summed E-state index contributed by atoms with van der Waals surface area (Å²) in [5, 5.41) is 2.73. The highest BCUT2D eigenvalue weighted by Gasteiger charge is 2.06. The van der Waals surface area contributed by atoms with E-state index >= 15 is 0 Å². The van der Waals surface area contributed by atoms with Crippen molar-refractivity contribution in [3.05, 3.63) is 90.2 Å². The smallest absolute Gasteiger partial charge is 0.251 e. The third-order valence-corrected chi connectivity index (χ3v) is 3.58. The zero-order valence-corrected chi connectivity index (χ0v) is 14.0. The molecular weight excluding hydrogens is 333 g/mol. The Morgan fingerprint density at radius 2 is 1.50 bits per heavy atom. The van der Waals surface area contributed by atoms with Gasteiger partial charge < -0.3 is 14.8 Å². The largest absolute Gasteiger partial charge is 0.489 e. The van der Waals surface area contributed by atoms with Gasteiger partial charge in [-0.15, -0.1) is 0 Å². The Balaban J connectivity index is 1.46. The van der Waals surface area contributed by atoms with Crippen LogP contribution in [0.1, 0.15) is 10.4 Å². The SMILES string of the molecule is O=C(NCCOc1ccccc1F)c1ccc(Oc2ccccc2)cc1. The second-order valence-electron chi connectivity index (χ2n) is 5.47. The molecule has 0 radical (unpaired) electrons. The van der Waals surface area contributed by atoms with E-state index in [9.17, 15) is 9.18 Å². The lowest BCUT2D eigenvalue weighted by Crippen LogP contribution is -2.28. The molecule has 0 fully saturated rings. The van der Waals surface area contributed by atoms with Crippen LogP contribution in [-0.4, -0.2) is 19.1 Å². The van der Waals surface area contributed by atoms with Gasteiger partial charge in [0.15, 0.2) is 11.6 Å². The van der Waals surface area contributed by atoms with E-state index in [1.165, 1.54) is 6.07 Å². The number of carbonyl (C=O) groups is 1. The highest BCUT2D eigenvalue weighted by atomic mass is 19.1. The predicted molar refractivity (Wildman–Crippen MR) is 97.2 cm³/mol. The average molecular weight is 351 g/mol. The summed E-state index contributed by atoms with van der Waals surface area (Å²) in [6.45, 7) is 0.456. The van der Waals surface area contributed by atoms with Crippen LogP contribution in [0, 0.1) is 5.82 Å². The van der Waals surface area contributed by atoms with Gasteiger partial charge in [0.2, 0.25) is 0 Å². The van der Waals surface area contributed by atoms with Crippen LogP contribution in [0.5, 0.6) is 17.2 Å². The molecule has 5 heteroatoms. The third kappa shape index (κ3) is 4.83. The van der Waals surface area contributed by atoms with Gasteiger partial charge in [0.1, 0.15) is 18.1 Å². The van der Waals surface area contributed by atoms with Crippen LogP contribution in [0.25, 0.3) is 0 Å². The number of rotatable bonds is 7. The summed E-state index contributed by atoms with van der Waals surface area (Å²) >= 11 is 0. The van der Waals surface area contributed by atoms with E-state index in [1.54, 1.807) is 42.5 Å². The molecule has 1 amide bonds. The molecule has 0 saturated heterocycles. The number of halogens is 1. The minimum atomic E-state index is -0.423. The first-order valence-electron chi connectivity index (χ1n) is 8.21. The number of amides is 1. The van der Waals surface area contributed by atoms with E-state index in [-0.39, 0.29) is 24.8 Å². The van der Waals surface area contributed by atoms with E-state index in [4.69, 9.17) is 9.47 Å². The molecule has 132 valence electrons. The summed E-state index contributed by atoms with van der Waals surface area (Å²) in [6, 6.07) is 22.4. The zero-order valence-electron chi connectivity index (χ0n) is 14.0. The van der Waals surface area contributed by atoms with Crippen LogP contribution in [0.3, 0.4) is 0 Å². The molecule has 1 N–H and O–H groups in total. The molecule has 0 aliphatic carbocycles. The van der Waals surface area contributed by atoms with Gasteiger partial charge in [0.05, 0.1) is 6.54 Å². The first-order chi connectivity index (χ1) is 12.7. The molecule has 26 heavy (non-hydrogen) atoms. The van der Waals surface area contributed by atoms with Gasteiger partial charge in [-0.25, -0.2) is 4.39 Å². The number of benzene rings is 3. The summed E-state index contributed by atoms with van der Waals surface area (Å²) < 4.78 is 24.4. The quantitative estimate of drug-likeness (QED) is 0.641. The zero-order chi connectivity index (χ0) is 18.2. The Hall–Kier alpha value is -3.34. The lowest BCUT2D eigenvalue weighted by atomic mass is 10.2. The standard InChI is InChI=1S/C21H18FNO3/c22-19-8-4-5-9-20(19)25-15-14-23-21(24)16-10-12-18(13-11-16)26-17-6-2-1-3-7-17/h1-13H,14-15H2,(H,23,24). The topological polar surface area (TPSA) is 47.6 Å². The third-order valence-electron chi connectivity index (χ3n) is 3.58.